The fourth-order valence-corrected chi connectivity index (χ4v) is 4.40. The highest BCUT2D eigenvalue weighted by Gasteiger charge is 2.25. The van der Waals surface area contributed by atoms with Gasteiger partial charge in [0.05, 0.1) is 34.8 Å². The minimum atomic E-state index is -0.304. The van der Waals surface area contributed by atoms with Crippen LogP contribution in [-0.4, -0.2) is 59.2 Å². The summed E-state index contributed by atoms with van der Waals surface area (Å²) in [4.78, 5) is 28.6. The Labute approximate surface area is 203 Å². The summed E-state index contributed by atoms with van der Waals surface area (Å²) >= 11 is 0. The number of pyridine rings is 2. The molecule has 11 heteroatoms. The minimum Gasteiger partial charge on any atom is -0.352 e. The zero-order valence-electron chi connectivity index (χ0n) is 18.9. The third-order valence-corrected chi connectivity index (χ3v) is 6.27. The average molecular weight is 478 g/mol. The number of benzene rings is 1. The van der Waals surface area contributed by atoms with Crippen molar-refractivity contribution in [3.63, 3.8) is 0 Å². The topological polar surface area (TPSA) is 138 Å². The molecule has 0 bridgehead atoms. The maximum atomic E-state index is 13.4. The Balaban J connectivity index is 1.30. The lowest BCUT2D eigenvalue weighted by atomic mass is 10.1. The molecule has 1 aliphatic rings. The van der Waals surface area contributed by atoms with E-state index >= 15 is 0 Å². The van der Waals surface area contributed by atoms with E-state index in [-0.39, 0.29) is 11.9 Å². The van der Waals surface area contributed by atoms with Crippen molar-refractivity contribution < 1.29 is 4.39 Å². The van der Waals surface area contributed by atoms with Gasteiger partial charge in [-0.2, -0.15) is 5.10 Å². The summed E-state index contributed by atoms with van der Waals surface area (Å²) in [5.41, 5.74) is 12.1. The van der Waals surface area contributed by atoms with E-state index in [0.29, 0.717) is 39.6 Å². The molecular formula is C25H19FN10. The second-order valence-corrected chi connectivity index (χ2v) is 8.74. The number of aromatic nitrogens is 8. The molecule has 0 radical (unpaired) electrons. The molecule has 7 rings (SSSR count). The number of fused-ring (bicyclic) bond motifs is 2. The molecule has 1 aliphatic heterocycles. The van der Waals surface area contributed by atoms with Crippen LogP contribution >= 0.6 is 0 Å². The number of hydrogen-bond donors (Lipinski definition) is 3. The van der Waals surface area contributed by atoms with Crippen molar-refractivity contribution >= 4 is 27.9 Å². The number of nitrogens with zero attached hydrogens (tertiary/aromatic N) is 7. The monoisotopic (exact) mass is 478 g/mol. The SMILES string of the molecule is NC1CN(c2cncc(-c3ccc4[nH]nc(-c5nc6c(-c7ccc(F)cc7)nccc6[nH]5)c4n3)n2)C1. The molecule has 0 saturated carbocycles. The highest BCUT2D eigenvalue weighted by Crippen LogP contribution is 2.31. The van der Waals surface area contributed by atoms with Gasteiger partial charge in [-0.1, -0.05) is 0 Å². The molecule has 10 nitrogen and oxygen atoms in total. The number of hydrogen-bond acceptors (Lipinski definition) is 8. The summed E-state index contributed by atoms with van der Waals surface area (Å²) in [6, 6.07) is 12.0. The number of H-pyrrole nitrogens is 2. The van der Waals surface area contributed by atoms with Crippen LogP contribution in [0.25, 0.3) is 56.2 Å². The third-order valence-electron chi connectivity index (χ3n) is 6.27. The van der Waals surface area contributed by atoms with Gasteiger partial charge in [0.1, 0.15) is 28.4 Å². The summed E-state index contributed by atoms with van der Waals surface area (Å²) in [5, 5.41) is 7.50. The van der Waals surface area contributed by atoms with Crippen LogP contribution in [0.1, 0.15) is 0 Å². The van der Waals surface area contributed by atoms with Gasteiger partial charge < -0.3 is 15.6 Å². The van der Waals surface area contributed by atoms with Gasteiger partial charge in [0.25, 0.3) is 0 Å². The van der Waals surface area contributed by atoms with E-state index in [2.05, 4.69) is 30.0 Å². The molecule has 4 N–H and O–H groups in total. The van der Waals surface area contributed by atoms with Crippen LogP contribution in [0.2, 0.25) is 0 Å². The standard InChI is InChI=1S/C25H19FN10/c26-14-3-1-13(2-4-14)21-22-17(7-8-29-21)32-25(33-22)24-23-18(34-35-24)6-5-16(31-23)19-9-28-10-20(30-19)36-11-15(27)12-36/h1-10,15H,11-12,27H2,(H,32,33)(H,34,35). The number of nitrogens with one attached hydrogen (secondary N) is 2. The van der Waals surface area contributed by atoms with E-state index in [4.69, 9.17) is 20.7 Å². The van der Waals surface area contributed by atoms with Crippen LogP contribution in [0, 0.1) is 5.82 Å². The van der Waals surface area contributed by atoms with Gasteiger partial charge in [0.15, 0.2) is 11.5 Å². The Morgan fingerprint density at radius 2 is 1.69 bits per heavy atom. The Kier molecular flexibility index (Phi) is 4.51. The van der Waals surface area contributed by atoms with E-state index in [1.807, 2.05) is 18.2 Å². The summed E-state index contributed by atoms with van der Waals surface area (Å²) in [6.45, 7) is 1.52. The van der Waals surface area contributed by atoms with E-state index < -0.39 is 0 Å². The van der Waals surface area contributed by atoms with E-state index in [1.54, 1.807) is 30.7 Å². The smallest absolute Gasteiger partial charge is 0.161 e. The highest BCUT2D eigenvalue weighted by molar-refractivity contribution is 5.95. The van der Waals surface area contributed by atoms with Gasteiger partial charge >= 0.3 is 0 Å². The first-order valence-corrected chi connectivity index (χ1v) is 11.4. The van der Waals surface area contributed by atoms with E-state index in [0.717, 1.165) is 35.5 Å². The molecule has 6 heterocycles. The number of nitrogens with two attached hydrogens (primary N) is 1. The Hall–Kier alpha value is -4.77. The molecule has 6 aromatic rings. The molecule has 0 spiro atoms. The third kappa shape index (κ3) is 3.36. The van der Waals surface area contributed by atoms with Crippen molar-refractivity contribution in [2.24, 2.45) is 5.73 Å². The Morgan fingerprint density at radius 1 is 0.861 bits per heavy atom. The molecule has 0 atom stereocenters. The minimum absolute atomic E-state index is 0.168. The summed E-state index contributed by atoms with van der Waals surface area (Å²) in [5.74, 6) is 1.02. The van der Waals surface area contributed by atoms with Crippen molar-refractivity contribution in [2.45, 2.75) is 6.04 Å². The van der Waals surface area contributed by atoms with E-state index in [9.17, 15) is 4.39 Å². The molecular weight excluding hydrogens is 459 g/mol. The number of halogens is 1. The second-order valence-electron chi connectivity index (χ2n) is 8.74. The lowest BCUT2D eigenvalue weighted by Gasteiger charge is -2.37. The fourth-order valence-electron chi connectivity index (χ4n) is 4.40. The van der Waals surface area contributed by atoms with Crippen molar-refractivity contribution in [1.29, 1.82) is 0 Å². The molecule has 1 saturated heterocycles. The number of aromatic amines is 2. The average Bonchev–Trinajstić information content (AvgIpc) is 3.51. The largest absolute Gasteiger partial charge is 0.352 e. The van der Waals surface area contributed by atoms with Gasteiger partial charge in [-0.15, -0.1) is 0 Å². The van der Waals surface area contributed by atoms with Gasteiger partial charge in [-0.05, 0) is 42.5 Å². The van der Waals surface area contributed by atoms with Crippen LogP contribution in [0.3, 0.4) is 0 Å². The van der Waals surface area contributed by atoms with Crippen LogP contribution in [0.5, 0.6) is 0 Å². The molecule has 1 aromatic carbocycles. The van der Waals surface area contributed by atoms with Crippen molar-refractivity contribution in [3.05, 3.63) is 66.9 Å². The molecule has 0 amide bonds. The Morgan fingerprint density at radius 3 is 2.53 bits per heavy atom. The summed E-state index contributed by atoms with van der Waals surface area (Å²) in [7, 11) is 0. The first-order valence-electron chi connectivity index (χ1n) is 11.4. The van der Waals surface area contributed by atoms with Crippen molar-refractivity contribution in [2.75, 3.05) is 18.0 Å². The number of anilines is 1. The predicted octanol–water partition coefficient (Wildman–Crippen LogP) is 3.31. The lowest BCUT2D eigenvalue weighted by molar-refractivity contribution is 0.514. The second kappa shape index (κ2) is 7.89. The molecule has 0 unspecified atom stereocenters. The maximum absolute atomic E-state index is 13.4. The molecule has 36 heavy (non-hydrogen) atoms. The van der Waals surface area contributed by atoms with Gasteiger partial charge in [-0.25, -0.2) is 19.3 Å². The lowest BCUT2D eigenvalue weighted by Crippen LogP contribution is -2.56. The van der Waals surface area contributed by atoms with Gasteiger partial charge in [-0.3, -0.25) is 15.1 Å². The van der Waals surface area contributed by atoms with Crippen LogP contribution < -0.4 is 10.6 Å². The zero-order chi connectivity index (χ0) is 24.2. The molecule has 176 valence electrons. The molecule has 0 aliphatic carbocycles. The maximum Gasteiger partial charge on any atom is 0.161 e. The first-order chi connectivity index (χ1) is 17.6. The Bertz CT molecular complexity index is 1730. The van der Waals surface area contributed by atoms with E-state index in [1.165, 1.54) is 12.1 Å². The van der Waals surface area contributed by atoms with Gasteiger partial charge in [0, 0.05) is 30.9 Å². The molecule has 5 aromatic heterocycles. The quantitative estimate of drug-likeness (QED) is 0.351. The fraction of sp³-hybridized carbons (Fsp3) is 0.120. The van der Waals surface area contributed by atoms with Crippen molar-refractivity contribution in [3.8, 4) is 34.2 Å². The predicted molar refractivity (Wildman–Crippen MR) is 133 cm³/mol. The summed E-state index contributed by atoms with van der Waals surface area (Å²) < 4.78 is 13.4. The number of imidazole rings is 1. The van der Waals surface area contributed by atoms with Crippen LogP contribution in [-0.2, 0) is 0 Å². The molecule has 1 fully saturated rings. The zero-order valence-corrected chi connectivity index (χ0v) is 18.9. The first kappa shape index (κ1) is 20.6. The van der Waals surface area contributed by atoms with Gasteiger partial charge in [0.2, 0.25) is 0 Å². The van der Waals surface area contributed by atoms with Crippen molar-refractivity contribution in [1.82, 2.24) is 40.1 Å². The normalized spacial score (nSPS) is 14.0. The number of rotatable bonds is 4. The van der Waals surface area contributed by atoms with Crippen LogP contribution in [0.15, 0.2) is 61.1 Å². The highest BCUT2D eigenvalue weighted by atomic mass is 19.1. The van der Waals surface area contributed by atoms with Crippen LogP contribution in [0.4, 0.5) is 10.2 Å². The summed E-state index contributed by atoms with van der Waals surface area (Å²) in [6.07, 6.45) is 5.12.